The monoisotopic (exact) mass is 332 g/mol. The van der Waals surface area contributed by atoms with Gasteiger partial charge in [0.1, 0.15) is 12.4 Å². The number of nitrogens with zero attached hydrogens (tertiary/aromatic N) is 1. The number of aromatic nitrogens is 1. The van der Waals surface area contributed by atoms with Crippen molar-refractivity contribution in [3.63, 3.8) is 0 Å². The van der Waals surface area contributed by atoms with Crippen molar-refractivity contribution in [2.45, 2.75) is 32.0 Å². The number of aliphatic hydroxyl groups excluding tert-OH is 1. The number of nitrogens with one attached hydrogen (secondary N) is 1. The molecule has 2 aromatic rings. The van der Waals surface area contributed by atoms with Crippen LogP contribution in [0, 0.1) is 5.92 Å². The van der Waals surface area contributed by atoms with Gasteiger partial charge in [-0.1, -0.05) is 18.6 Å². The lowest BCUT2D eigenvalue weighted by molar-refractivity contribution is 0.0912. The van der Waals surface area contributed by atoms with E-state index >= 15 is 0 Å². The van der Waals surface area contributed by atoms with Gasteiger partial charge in [0, 0.05) is 17.8 Å². The van der Waals surface area contributed by atoms with Crippen molar-refractivity contribution in [2.24, 2.45) is 5.92 Å². The van der Waals surface area contributed by atoms with Gasteiger partial charge in [-0.25, -0.2) is 4.98 Å². The van der Waals surface area contributed by atoms with Gasteiger partial charge in [-0.15, -0.1) is 11.3 Å². The Morgan fingerprint density at radius 1 is 1.39 bits per heavy atom. The van der Waals surface area contributed by atoms with Gasteiger partial charge < -0.3 is 15.2 Å². The second-order valence-electron chi connectivity index (χ2n) is 5.73. The van der Waals surface area contributed by atoms with E-state index in [1.54, 1.807) is 17.6 Å². The Kier molecular flexibility index (Phi) is 5.25. The van der Waals surface area contributed by atoms with E-state index in [1.165, 1.54) is 11.3 Å². The van der Waals surface area contributed by atoms with E-state index < -0.39 is 0 Å². The zero-order chi connectivity index (χ0) is 16.1. The molecule has 23 heavy (non-hydrogen) atoms. The third-order valence-corrected chi connectivity index (χ3v) is 4.77. The fourth-order valence-electron chi connectivity index (χ4n) is 2.81. The van der Waals surface area contributed by atoms with Gasteiger partial charge in [0.05, 0.1) is 22.9 Å². The Labute approximate surface area is 139 Å². The number of hydrogen-bond acceptors (Lipinski definition) is 5. The molecule has 3 rings (SSSR count). The van der Waals surface area contributed by atoms with Crippen LogP contribution in [-0.4, -0.2) is 28.6 Å². The normalized spacial score (nSPS) is 20.4. The van der Waals surface area contributed by atoms with E-state index in [9.17, 15) is 9.90 Å². The zero-order valence-electron chi connectivity index (χ0n) is 12.8. The number of hydrogen-bond donors (Lipinski definition) is 2. The molecule has 0 saturated heterocycles. The predicted octanol–water partition coefficient (Wildman–Crippen LogP) is 2.61. The van der Waals surface area contributed by atoms with Gasteiger partial charge in [0.2, 0.25) is 0 Å². The summed E-state index contributed by atoms with van der Waals surface area (Å²) in [6.07, 6.45) is 2.51. The molecule has 6 heteroatoms. The third kappa shape index (κ3) is 4.09. The summed E-state index contributed by atoms with van der Waals surface area (Å²) < 4.78 is 5.73. The maximum atomic E-state index is 12.4. The molecule has 2 N–H and O–H groups in total. The molecule has 0 bridgehead atoms. The molecule has 1 amide bonds. The van der Waals surface area contributed by atoms with Gasteiger partial charge >= 0.3 is 0 Å². The molecule has 2 atom stereocenters. The summed E-state index contributed by atoms with van der Waals surface area (Å²) >= 11 is 1.51. The molecule has 0 radical (unpaired) electrons. The minimum Gasteiger partial charge on any atom is -0.486 e. The first-order valence-electron chi connectivity index (χ1n) is 7.79. The van der Waals surface area contributed by atoms with Crippen molar-refractivity contribution >= 4 is 17.2 Å². The van der Waals surface area contributed by atoms with Gasteiger partial charge in [-0.05, 0) is 25.0 Å². The van der Waals surface area contributed by atoms with E-state index in [4.69, 9.17) is 4.74 Å². The Morgan fingerprint density at radius 3 is 3.00 bits per heavy atom. The number of ether oxygens (including phenoxy) is 1. The highest BCUT2D eigenvalue weighted by atomic mass is 32.1. The summed E-state index contributed by atoms with van der Waals surface area (Å²) in [5.41, 5.74) is 3.11. The molecular weight excluding hydrogens is 312 g/mol. The Morgan fingerprint density at radius 2 is 2.26 bits per heavy atom. The minimum atomic E-state index is -0.300. The number of thiazole rings is 1. The first-order chi connectivity index (χ1) is 11.2. The molecule has 5 nitrogen and oxygen atoms in total. The van der Waals surface area contributed by atoms with Crippen LogP contribution >= 0.6 is 11.3 Å². The molecule has 1 heterocycles. The molecule has 122 valence electrons. The van der Waals surface area contributed by atoms with Gasteiger partial charge in [0.25, 0.3) is 5.91 Å². The van der Waals surface area contributed by atoms with Crippen molar-refractivity contribution in [3.8, 4) is 5.75 Å². The van der Waals surface area contributed by atoms with Crippen LogP contribution in [0.2, 0.25) is 0 Å². The fourth-order valence-corrected chi connectivity index (χ4v) is 3.36. The lowest BCUT2D eigenvalue weighted by atomic mass is 10.1. The third-order valence-electron chi connectivity index (χ3n) is 4.13. The molecule has 2 unspecified atom stereocenters. The van der Waals surface area contributed by atoms with Crippen molar-refractivity contribution in [1.82, 2.24) is 10.3 Å². The highest BCUT2D eigenvalue weighted by Crippen LogP contribution is 2.25. The molecule has 1 aliphatic rings. The number of carbonyl (C=O) groups is 1. The average Bonchev–Trinajstić information content (AvgIpc) is 3.22. The van der Waals surface area contributed by atoms with Gasteiger partial charge in [-0.2, -0.15) is 0 Å². The predicted molar refractivity (Wildman–Crippen MR) is 88.6 cm³/mol. The molecule has 1 aromatic carbocycles. The van der Waals surface area contributed by atoms with Crippen LogP contribution in [-0.2, 0) is 6.61 Å². The van der Waals surface area contributed by atoms with Crippen LogP contribution in [0.1, 0.15) is 35.3 Å². The van der Waals surface area contributed by atoms with E-state index in [-0.39, 0.29) is 17.9 Å². The van der Waals surface area contributed by atoms with Gasteiger partial charge in [-0.3, -0.25) is 4.79 Å². The Balaban J connectivity index is 1.60. The maximum Gasteiger partial charge on any atom is 0.255 e. The smallest absolute Gasteiger partial charge is 0.255 e. The number of benzene rings is 1. The highest BCUT2D eigenvalue weighted by molar-refractivity contribution is 7.07. The van der Waals surface area contributed by atoms with E-state index in [2.05, 4.69) is 10.3 Å². The van der Waals surface area contributed by atoms with E-state index in [1.807, 2.05) is 17.5 Å². The van der Waals surface area contributed by atoms with Crippen molar-refractivity contribution < 1.29 is 14.6 Å². The van der Waals surface area contributed by atoms with Crippen LogP contribution in [0.3, 0.4) is 0 Å². The van der Waals surface area contributed by atoms with E-state index in [0.29, 0.717) is 24.5 Å². The first kappa shape index (κ1) is 16.0. The number of rotatable bonds is 6. The van der Waals surface area contributed by atoms with Crippen LogP contribution < -0.4 is 10.1 Å². The summed E-state index contributed by atoms with van der Waals surface area (Å²) in [5, 5.41) is 14.7. The minimum absolute atomic E-state index is 0.155. The van der Waals surface area contributed by atoms with Crippen molar-refractivity contribution in [1.29, 1.82) is 0 Å². The second kappa shape index (κ2) is 7.57. The van der Waals surface area contributed by atoms with Crippen LogP contribution in [0.4, 0.5) is 0 Å². The summed E-state index contributed by atoms with van der Waals surface area (Å²) in [4.78, 5) is 16.6. The van der Waals surface area contributed by atoms with Crippen LogP contribution in [0.5, 0.6) is 5.75 Å². The standard InChI is InChI=1S/C17H20N2O3S/c20-15-6-3-4-12(15)8-18-17(21)14-5-1-2-7-16(14)22-9-13-10-23-11-19-13/h1-2,5,7,10-12,15,20H,3-4,6,8-9H2,(H,18,21). The largest absolute Gasteiger partial charge is 0.486 e. The molecule has 0 spiro atoms. The molecule has 1 aromatic heterocycles. The Bertz CT molecular complexity index is 645. The topological polar surface area (TPSA) is 71.5 Å². The SMILES string of the molecule is O=C(NCC1CCCC1O)c1ccccc1OCc1cscn1. The number of amides is 1. The zero-order valence-corrected chi connectivity index (χ0v) is 13.6. The molecule has 0 aliphatic heterocycles. The number of aliphatic hydroxyl groups is 1. The summed E-state index contributed by atoms with van der Waals surface area (Å²) in [7, 11) is 0. The van der Waals surface area contributed by atoms with Crippen molar-refractivity contribution in [2.75, 3.05) is 6.54 Å². The average molecular weight is 332 g/mol. The molecular formula is C17H20N2O3S. The second-order valence-corrected chi connectivity index (χ2v) is 6.45. The van der Waals surface area contributed by atoms with E-state index in [0.717, 1.165) is 25.0 Å². The lowest BCUT2D eigenvalue weighted by Crippen LogP contribution is -2.32. The molecule has 1 aliphatic carbocycles. The maximum absolute atomic E-state index is 12.4. The Hall–Kier alpha value is -1.92. The van der Waals surface area contributed by atoms with Gasteiger partial charge in [0.15, 0.2) is 0 Å². The summed E-state index contributed by atoms with van der Waals surface area (Å²) in [6.45, 7) is 0.843. The summed E-state index contributed by atoms with van der Waals surface area (Å²) in [6, 6.07) is 7.19. The fraction of sp³-hybridized carbons (Fsp3) is 0.412. The molecule has 1 fully saturated rings. The summed E-state index contributed by atoms with van der Waals surface area (Å²) in [5.74, 6) is 0.532. The lowest BCUT2D eigenvalue weighted by Gasteiger charge is -2.16. The van der Waals surface area contributed by atoms with Crippen LogP contribution in [0.15, 0.2) is 35.2 Å². The number of carbonyl (C=O) groups excluding carboxylic acids is 1. The van der Waals surface area contributed by atoms with Crippen LogP contribution in [0.25, 0.3) is 0 Å². The van der Waals surface area contributed by atoms with Crippen molar-refractivity contribution in [3.05, 3.63) is 46.4 Å². The first-order valence-corrected chi connectivity index (χ1v) is 8.73. The highest BCUT2D eigenvalue weighted by Gasteiger charge is 2.25. The molecule has 1 saturated carbocycles. The number of para-hydroxylation sites is 1. The quantitative estimate of drug-likeness (QED) is 0.853.